The highest BCUT2D eigenvalue weighted by Crippen LogP contribution is 2.05. The third kappa shape index (κ3) is 27.8. The largest absolute Gasteiger partial charge is 0.480 e. The van der Waals surface area contributed by atoms with Crippen LogP contribution in [0, 0.1) is 0 Å². The van der Waals surface area contributed by atoms with Gasteiger partial charge in [-0.2, -0.15) is 0 Å². The zero-order valence-electron chi connectivity index (χ0n) is 45.9. The molecular formula is C45H67N19O20S2. The molecule has 18 N–H and O–H groups in total. The molecule has 39 nitrogen and oxygen atoms in total. The normalized spacial score (nSPS) is 21.8. The fourth-order valence-corrected chi connectivity index (χ4v) is 8.60. The number of nitrogens with two attached hydrogens (primary N) is 1. The number of hydrogen-bond acceptors (Lipinski definition) is 22. The third-order valence-electron chi connectivity index (χ3n) is 11.3. The van der Waals surface area contributed by atoms with Gasteiger partial charge in [-0.1, -0.05) is 0 Å². The molecule has 1 aromatic heterocycles. The first-order valence-corrected chi connectivity index (χ1v) is 28.3. The van der Waals surface area contributed by atoms with Crippen LogP contribution in [-0.4, -0.2) is 240 Å². The maximum Gasteiger partial charge on any atom is 0.336 e. The van der Waals surface area contributed by atoms with Crippen molar-refractivity contribution in [2.45, 2.75) is 57.0 Å². The van der Waals surface area contributed by atoms with Crippen molar-refractivity contribution in [2.24, 2.45) is 5.73 Å². The first kappa shape index (κ1) is 70.9. The van der Waals surface area contributed by atoms with Crippen LogP contribution in [0.25, 0.3) is 0 Å². The molecule has 474 valence electrons. The lowest BCUT2D eigenvalue weighted by atomic mass is 10.1. The molecule has 0 fully saturated rings. The number of carboxylic acid groups (broad SMARTS) is 1. The molecule has 0 saturated carbocycles. The monoisotopic (exact) mass is 1260 g/mol. The van der Waals surface area contributed by atoms with E-state index in [9.17, 15) is 96.2 Å². The number of carbonyl (C=O) groups excluding carboxylic acids is 15. The number of carboxylic acids is 1. The Hall–Kier alpha value is -9.41. The highest BCUT2D eigenvalue weighted by molar-refractivity contribution is 8.00. The van der Waals surface area contributed by atoms with Gasteiger partial charge < -0.3 is 90.6 Å². The molecule has 0 spiro atoms. The number of nitrogens with one attached hydrogen (secondary N) is 15. The summed E-state index contributed by atoms with van der Waals surface area (Å²) in [7, 11) is 0. The molecule has 15 amide bonds. The Labute approximate surface area is 494 Å². The summed E-state index contributed by atoms with van der Waals surface area (Å²) < 4.78 is 1.76. The highest BCUT2D eigenvalue weighted by Gasteiger charge is 2.25. The summed E-state index contributed by atoms with van der Waals surface area (Å²) in [4.78, 5) is 242. The topological polar surface area (TPSA) is 566 Å². The molecule has 4 bridgehead atoms. The van der Waals surface area contributed by atoms with E-state index >= 15 is 0 Å². The Bertz CT molecular complexity index is 2920. The molecule has 1 aromatic rings. The maximum atomic E-state index is 13.7. The number of aromatic nitrogens is 3. The van der Waals surface area contributed by atoms with Crippen LogP contribution in [-0.2, 0) is 96.3 Å². The molecular weight excluding hydrogens is 1190 g/mol. The average Bonchev–Trinajstić information content (AvgIpc) is 1.24. The van der Waals surface area contributed by atoms with Crippen LogP contribution in [0.5, 0.6) is 0 Å². The summed E-state index contributed by atoms with van der Waals surface area (Å²) in [6, 6.07) is -4.31. The summed E-state index contributed by atoms with van der Waals surface area (Å²) in [5.41, 5.74) is 2.34. The second kappa shape index (κ2) is 37.7. The van der Waals surface area contributed by atoms with Crippen LogP contribution in [0.2, 0.25) is 0 Å². The number of aliphatic carboxylic acids is 1. The highest BCUT2D eigenvalue weighted by atomic mass is 32.2. The molecule has 3 atom stereocenters. The molecule has 41 heteroatoms. The van der Waals surface area contributed by atoms with Gasteiger partial charge in [0.2, 0.25) is 88.6 Å². The summed E-state index contributed by atoms with van der Waals surface area (Å²) >= 11 is 1.65. The Morgan fingerprint density at radius 3 is 1.07 bits per heavy atom. The number of carbonyl (C=O) groups is 16. The lowest BCUT2D eigenvalue weighted by Crippen LogP contribution is -2.56. The van der Waals surface area contributed by atoms with Crippen molar-refractivity contribution >= 4 is 118 Å². The SMILES string of the molecule is N[C@H]1CSCC(=O)NCCn2c(=O)n3c(=O)n(c2=O)CCNC(=O)CSC[C@H](NC(=O)CNC(=O)CNC(=O)CNC(=O)CNC(=O)CNC1=O)C(=O)NCC(=O)NCC(=O)NCC(=O)NCC(=O)NCC(=O)N[C@H](C(=O)O)CCCC(=O)NCC3. The molecule has 0 aliphatic carbocycles. The molecule has 3 rings (SSSR count). The van der Waals surface area contributed by atoms with Crippen molar-refractivity contribution in [1.29, 1.82) is 0 Å². The molecule has 0 radical (unpaired) electrons. The van der Waals surface area contributed by atoms with E-state index in [1.807, 2.05) is 0 Å². The van der Waals surface area contributed by atoms with E-state index < -0.39 is 234 Å². The first-order chi connectivity index (χ1) is 40.8. The number of hydrogen-bond donors (Lipinski definition) is 17. The maximum absolute atomic E-state index is 13.7. The van der Waals surface area contributed by atoms with E-state index in [1.54, 1.807) is 0 Å². The van der Waals surface area contributed by atoms with Gasteiger partial charge in [0, 0.05) is 57.2 Å². The van der Waals surface area contributed by atoms with Crippen molar-refractivity contribution in [3.8, 4) is 0 Å². The van der Waals surface area contributed by atoms with E-state index in [-0.39, 0.29) is 43.1 Å². The molecule has 2 aliphatic heterocycles. The average molecular weight is 1260 g/mol. The summed E-state index contributed by atoms with van der Waals surface area (Å²) in [6.07, 6.45) is -0.741. The van der Waals surface area contributed by atoms with E-state index in [1.165, 1.54) is 0 Å². The molecule has 0 unspecified atom stereocenters. The van der Waals surface area contributed by atoms with Crippen LogP contribution in [0.1, 0.15) is 19.3 Å². The Morgan fingerprint density at radius 2 is 0.698 bits per heavy atom. The minimum absolute atomic E-state index is 0.126. The van der Waals surface area contributed by atoms with Gasteiger partial charge in [-0.25, -0.2) is 32.9 Å². The predicted molar refractivity (Wildman–Crippen MR) is 296 cm³/mol. The zero-order valence-corrected chi connectivity index (χ0v) is 47.6. The second-order valence-electron chi connectivity index (χ2n) is 18.1. The number of rotatable bonds is 1. The standard InChI is InChI=1S/C45H67N19O20S2/c46-24-20-85-22-38(76)48-5-8-63-43(82)62-7-4-47-27(65)3-1-2-25(42(80)81)60-36(74)18-56-32(70)14-52-28(66)11-51-31(69)13-55-35(73)17-59-41(79)26(21-86-23-39(77)49-6-9-64(44(62)83)45(63)84)61-37(75)19-57-33(71)15-53-29(67)10-50-30(68)12-54-34(72)16-58-40(24)78/h24-26H,1-23,46H2,(H,47,65)(H,48,76)(H,49,77)(H,50,68)(H,51,69)(H,52,66)(H,53,67)(H,54,72)(H,55,73)(H,56,70)(H,57,71)(H,58,78)(H,59,79)(H,60,74)(H,61,75)(H,80,81)/t24-,25-,26-/m0/s1. The van der Waals surface area contributed by atoms with Gasteiger partial charge in [0.05, 0.1) is 83.0 Å². The fourth-order valence-electron chi connectivity index (χ4n) is 6.91. The number of thioether (sulfide) groups is 2. The van der Waals surface area contributed by atoms with E-state index in [0.717, 1.165) is 23.5 Å². The lowest BCUT2D eigenvalue weighted by Gasteiger charge is -2.18. The van der Waals surface area contributed by atoms with Crippen LogP contribution >= 0.6 is 23.5 Å². The number of nitrogens with zero attached hydrogens (tertiary/aromatic N) is 3. The van der Waals surface area contributed by atoms with Crippen molar-refractivity contribution in [3.05, 3.63) is 31.5 Å². The van der Waals surface area contributed by atoms with Crippen LogP contribution in [0.15, 0.2) is 14.4 Å². The van der Waals surface area contributed by atoms with E-state index in [2.05, 4.69) is 79.8 Å². The number of amides is 15. The minimum atomic E-state index is -1.54. The van der Waals surface area contributed by atoms with Gasteiger partial charge in [-0.05, 0) is 12.8 Å². The van der Waals surface area contributed by atoms with E-state index in [0.29, 0.717) is 13.7 Å². The first-order valence-electron chi connectivity index (χ1n) is 26.0. The van der Waals surface area contributed by atoms with Gasteiger partial charge in [0.1, 0.15) is 12.1 Å². The van der Waals surface area contributed by atoms with Gasteiger partial charge in [0.15, 0.2) is 0 Å². The Kier molecular flexibility index (Phi) is 31.1. The summed E-state index contributed by atoms with van der Waals surface area (Å²) in [5, 5.41) is 43.4. The number of fused-ring (bicyclic) bond motifs is 9. The zero-order chi connectivity index (χ0) is 63.7. The van der Waals surface area contributed by atoms with Crippen molar-refractivity contribution in [1.82, 2.24) is 93.5 Å². The van der Waals surface area contributed by atoms with E-state index in [4.69, 9.17) is 5.73 Å². The predicted octanol–water partition coefficient (Wildman–Crippen LogP) is -14.3. The fraction of sp³-hybridized carbons (Fsp3) is 0.578. The summed E-state index contributed by atoms with van der Waals surface area (Å²) in [6.45, 7) is -9.95. The van der Waals surface area contributed by atoms with Crippen LogP contribution in [0.3, 0.4) is 0 Å². The smallest absolute Gasteiger partial charge is 0.336 e. The van der Waals surface area contributed by atoms with Crippen LogP contribution in [0.4, 0.5) is 0 Å². The minimum Gasteiger partial charge on any atom is -0.480 e. The lowest BCUT2D eigenvalue weighted by molar-refractivity contribution is -0.142. The summed E-state index contributed by atoms with van der Waals surface area (Å²) in [5.74, 6) is -15.8. The Morgan fingerprint density at radius 1 is 0.384 bits per heavy atom. The van der Waals surface area contributed by atoms with Crippen molar-refractivity contribution < 1.29 is 81.8 Å². The Balaban J connectivity index is 1.91. The van der Waals surface area contributed by atoms with Crippen molar-refractivity contribution in [2.75, 3.05) is 108 Å². The van der Waals surface area contributed by atoms with Gasteiger partial charge >= 0.3 is 23.0 Å². The van der Waals surface area contributed by atoms with Gasteiger partial charge in [-0.15, -0.1) is 23.5 Å². The molecule has 86 heavy (non-hydrogen) atoms. The van der Waals surface area contributed by atoms with Gasteiger partial charge in [0.25, 0.3) is 0 Å². The van der Waals surface area contributed by atoms with Crippen LogP contribution < -0.4 is 103 Å². The second-order valence-corrected chi connectivity index (χ2v) is 20.2. The molecule has 0 saturated heterocycles. The third-order valence-corrected chi connectivity index (χ3v) is 13.4. The van der Waals surface area contributed by atoms with Gasteiger partial charge in [-0.3, -0.25) is 71.9 Å². The quantitative estimate of drug-likeness (QED) is 0.124. The molecule has 3 heterocycles. The van der Waals surface area contributed by atoms with Crippen molar-refractivity contribution in [3.63, 3.8) is 0 Å². The molecule has 2 aliphatic rings. The molecule has 0 aromatic carbocycles.